The van der Waals surface area contributed by atoms with Gasteiger partial charge in [-0.3, -0.25) is 0 Å². The van der Waals surface area contributed by atoms with E-state index in [0.29, 0.717) is 64.7 Å². The molecule has 6 nitrogen and oxygen atoms in total. The molecular weight excluding hydrogens is 284 g/mol. The van der Waals surface area contributed by atoms with E-state index >= 15 is 0 Å². The molecule has 1 unspecified atom stereocenters. The Morgan fingerprint density at radius 3 is 2.73 bits per heavy atom. The van der Waals surface area contributed by atoms with E-state index in [0.717, 1.165) is 6.42 Å². The predicted octanol–water partition coefficient (Wildman–Crippen LogP) is 1.37. The molecule has 2 N–H and O–H groups in total. The standard InChI is InChI=1S/C16H30N2O4/c1-13(2)11-14-12-22-10-7-18(14)15(19)17-6-3-16(20)4-8-21-9-5-16/h13-14,20H,3-12H2,1-2H3,(H,17,19). The van der Waals surface area contributed by atoms with Crippen molar-refractivity contribution in [3.05, 3.63) is 0 Å². The van der Waals surface area contributed by atoms with E-state index in [1.54, 1.807) is 0 Å². The van der Waals surface area contributed by atoms with Crippen LogP contribution in [0.5, 0.6) is 0 Å². The number of urea groups is 1. The van der Waals surface area contributed by atoms with E-state index in [2.05, 4.69) is 19.2 Å². The Morgan fingerprint density at radius 2 is 2.05 bits per heavy atom. The Labute approximate surface area is 133 Å². The van der Waals surface area contributed by atoms with Gasteiger partial charge in [0.1, 0.15) is 0 Å². The molecular formula is C16H30N2O4. The monoisotopic (exact) mass is 314 g/mol. The van der Waals surface area contributed by atoms with Crippen molar-refractivity contribution in [3.63, 3.8) is 0 Å². The molecule has 0 radical (unpaired) electrons. The highest BCUT2D eigenvalue weighted by atomic mass is 16.5. The SMILES string of the molecule is CC(C)CC1COCCN1C(=O)NCCC1(O)CCOCC1. The number of ether oxygens (including phenoxy) is 2. The lowest BCUT2D eigenvalue weighted by molar-refractivity contribution is -0.0672. The van der Waals surface area contributed by atoms with Crippen LogP contribution in [0.2, 0.25) is 0 Å². The largest absolute Gasteiger partial charge is 0.390 e. The summed E-state index contributed by atoms with van der Waals surface area (Å²) in [7, 11) is 0. The van der Waals surface area contributed by atoms with Gasteiger partial charge in [0.15, 0.2) is 0 Å². The van der Waals surface area contributed by atoms with Crippen molar-refractivity contribution in [2.45, 2.75) is 51.2 Å². The van der Waals surface area contributed by atoms with Gasteiger partial charge in [0.25, 0.3) is 0 Å². The second-order valence-electron chi connectivity index (χ2n) is 6.87. The maximum Gasteiger partial charge on any atom is 0.317 e. The van der Waals surface area contributed by atoms with Crippen LogP contribution in [-0.4, -0.2) is 67.2 Å². The molecule has 0 aliphatic carbocycles. The van der Waals surface area contributed by atoms with Crippen LogP contribution >= 0.6 is 0 Å². The van der Waals surface area contributed by atoms with Crippen LogP contribution in [0, 0.1) is 5.92 Å². The Bertz CT molecular complexity index is 356. The minimum atomic E-state index is -0.687. The molecule has 0 aromatic heterocycles. The van der Waals surface area contributed by atoms with E-state index in [1.807, 2.05) is 4.90 Å². The molecule has 2 fully saturated rings. The number of carbonyl (C=O) groups is 1. The number of nitrogens with one attached hydrogen (secondary N) is 1. The third-order valence-corrected chi connectivity index (χ3v) is 4.52. The van der Waals surface area contributed by atoms with Crippen LogP contribution in [-0.2, 0) is 9.47 Å². The smallest absolute Gasteiger partial charge is 0.317 e. The van der Waals surface area contributed by atoms with E-state index < -0.39 is 5.60 Å². The summed E-state index contributed by atoms with van der Waals surface area (Å²) in [6.45, 7) is 7.88. The van der Waals surface area contributed by atoms with Gasteiger partial charge in [-0.05, 0) is 31.6 Å². The van der Waals surface area contributed by atoms with Gasteiger partial charge in [0.05, 0.1) is 24.9 Å². The quantitative estimate of drug-likeness (QED) is 0.804. The zero-order valence-electron chi connectivity index (χ0n) is 13.8. The highest BCUT2D eigenvalue weighted by Crippen LogP contribution is 2.23. The summed E-state index contributed by atoms with van der Waals surface area (Å²) in [5.74, 6) is 0.532. The molecule has 2 aliphatic heterocycles. The molecule has 1 atom stereocenters. The third kappa shape index (κ3) is 5.11. The van der Waals surface area contributed by atoms with Gasteiger partial charge in [-0.2, -0.15) is 0 Å². The van der Waals surface area contributed by atoms with E-state index in [4.69, 9.17) is 9.47 Å². The second-order valence-corrected chi connectivity index (χ2v) is 6.87. The molecule has 0 aromatic carbocycles. The summed E-state index contributed by atoms with van der Waals surface area (Å²) in [4.78, 5) is 14.3. The van der Waals surface area contributed by atoms with Crippen LogP contribution in [0.15, 0.2) is 0 Å². The maximum absolute atomic E-state index is 12.4. The molecule has 0 spiro atoms. The fraction of sp³-hybridized carbons (Fsp3) is 0.938. The normalized spacial score (nSPS) is 25.3. The van der Waals surface area contributed by atoms with E-state index in [1.165, 1.54) is 0 Å². The molecule has 2 saturated heterocycles. The molecule has 22 heavy (non-hydrogen) atoms. The van der Waals surface area contributed by atoms with Crippen LogP contribution < -0.4 is 5.32 Å². The first kappa shape index (κ1) is 17.5. The van der Waals surface area contributed by atoms with Crippen molar-refractivity contribution in [2.75, 3.05) is 39.5 Å². The maximum atomic E-state index is 12.4. The Kier molecular flexibility index (Phi) is 6.47. The molecule has 2 aliphatic rings. The summed E-state index contributed by atoms with van der Waals surface area (Å²) in [5, 5.41) is 13.4. The summed E-state index contributed by atoms with van der Waals surface area (Å²) >= 11 is 0. The lowest BCUT2D eigenvalue weighted by Gasteiger charge is -2.37. The summed E-state index contributed by atoms with van der Waals surface area (Å²) in [6.07, 6.45) is 2.84. The molecule has 2 amide bonds. The number of rotatable bonds is 5. The first-order valence-electron chi connectivity index (χ1n) is 8.42. The molecule has 128 valence electrons. The summed E-state index contributed by atoms with van der Waals surface area (Å²) < 4.78 is 10.8. The fourth-order valence-corrected chi connectivity index (χ4v) is 3.17. The van der Waals surface area contributed by atoms with Crippen LogP contribution in [0.3, 0.4) is 0 Å². The van der Waals surface area contributed by atoms with Crippen molar-refractivity contribution in [2.24, 2.45) is 5.92 Å². The first-order valence-corrected chi connectivity index (χ1v) is 8.42. The van der Waals surface area contributed by atoms with Gasteiger partial charge >= 0.3 is 6.03 Å². The van der Waals surface area contributed by atoms with Crippen molar-refractivity contribution in [1.82, 2.24) is 10.2 Å². The summed E-state index contributed by atoms with van der Waals surface area (Å²) in [6, 6.07) is 0.115. The van der Waals surface area contributed by atoms with Gasteiger partial charge in [-0.25, -0.2) is 4.79 Å². The average Bonchev–Trinajstić information content (AvgIpc) is 2.47. The minimum Gasteiger partial charge on any atom is -0.390 e. The fourth-order valence-electron chi connectivity index (χ4n) is 3.17. The van der Waals surface area contributed by atoms with E-state index in [-0.39, 0.29) is 12.1 Å². The average molecular weight is 314 g/mol. The van der Waals surface area contributed by atoms with Gasteiger partial charge < -0.3 is 24.8 Å². The van der Waals surface area contributed by atoms with Crippen LogP contribution in [0.1, 0.15) is 39.5 Å². The van der Waals surface area contributed by atoms with Gasteiger partial charge in [-0.1, -0.05) is 13.8 Å². The highest BCUT2D eigenvalue weighted by Gasteiger charge is 2.31. The number of morpholine rings is 1. The van der Waals surface area contributed by atoms with Gasteiger partial charge in [-0.15, -0.1) is 0 Å². The topological polar surface area (TPSA) is 71.0 Å². The van der Waals surface area contributed by atoms with Gasteiger partial charge in [0.2, 0.25) is 0 Å². The number of hydrogen-bond donors (Lipinski definition) is 2. The van der Waals surface area contributed by atoms with Crippen molar-refractivity contribution in [1.29, 1.82) is 0 Å². The lowest BCUT2D eigenvalue weighted by Crippen LogP contribution is -2.53. The third-order valence-electron chi connectivity index (χ3n) is 4.52. The Hall–Kier alpha value is -0.850. The van der Waals surface area contributed by atoms with Crippen molar-refractivity contribution < 1.29 is 19.4 Å². The van der Waals surface area contributed by atoms with E-state index in [9.17, 15) is 9.90 Å². The zero-order chi connectivity index (χ0) is 16.0. The highest BCUT2D eigenvalue weighted by molar-refractivity contribution is 5.74. The molecule has 0 saturated carbocycles. The number of hydrogen-bond acceptors (Lipinski definition) is 4. The summed E-state index contributed by atoms with van der Waals surface area (Å²) in [5.41, 5.74) is -0.687. The molecule has 2 heterocycles. The lowest BCUT2D eigenvalue weighted by atomic mass is 9.91. The Morgan fingerprint density at radius 1 is 1.32 bits per heavy atom. The second kappa shape index (κ2) is 8.13. The molecule has 6 heteroatoms. The molecule has 0 bridgehead atoms. The predicted molar refractivity (Wildman–Crippen MR) is 83.8 cm³/mol. The zero-order valence-corrected chi connectivity index (χ0v) is 13.8. The number of amides is 2. The van der Waals surface area contributed by atoms with Gasteiger partial charge in [0, 0.05) is 26.3 Å². The van der Waals surface area contributed by atoms with Crippen LogP contribution in [0.4, 0.5) is 4.79 Å². The Balaban J connectivity index is 1.77. The number of nitrogens with zero attached hydrogens (tertiary/aromatic N) is 1. The number of carbonyl (C=O) groups excluding carboxylic acids is 1. The molecule has 0 aromatic rings. The van der Waals surface area contributed by atoms with Crippen molar-refractivity contribution >= 4 is 6.03 Å². The van der Waals surface area contributed by atoms with Crippen LogP contribution in [0.25, 0.3) is 0 Å². The number of aliphatic hydroxyl groups is 1. The minimum absolute atomic E-state index is 0.0374. The molecule has 2 rings (SSSR count). The van der Waals surface area contributed by atoms with Crippen molar-refractivity contribution in [3.8, 4) is 0 Å². The first-order chi connectivity index (χ1) is 10.5.